The van der Waals surface area contributed by atoms with Gasteiger partial charge in [0.25, 0.3) is 0 Å². The average Bonchev–Trinajstić information content (AvgIpc) is 2.47. The van der Waals surface area contributed by atoms with Crippen molar-refractivity contribution in [2.45, 2.75) is 19.9 Å². The van der Waals surface area contributed by atoms with Crippen LogP contribution >= 0.6 is 0 Å². The van der Waals surface area contributed by atoms with Crippen LogP contribution in [0, 0.1) is 18.6 Å². The van der Waals surface area contributed by atoms with Crippen LogP contribution in [0.5, 0.6) is 0 Å². The van der Waals surface area contributed by atoms with Crippen LogP contribution in [0.25, 0.3) is 0 Å². The van der Waals surface area contributed by atoms with E-state index in [-0.39, 0.29) is 5.91 Å². The molecule has 1 fully saturated rings. The van der Waals surface area contributed by atoms with Gasteiger partial charge in [0.1, 0.15) is 0 Å². The number of carbonyl (C=O) groups is 1. The SMILES string of the molecule is Cc1ccc(CN2CCN(CCC(N)=O)CC2)c(F)c1F. The highest BCUT2D eigenvalue weighted by atomic mass is 19.2. The lowest BCUT2D eigenvalue weighted by atomic mass is 10.1. The Kier molecular flexibility index (Phi) is 5.25. The first-order chi connectivity index (χ1) is 9.97. The quantitative estimate of drug-likeness (QED) is 0.890. The molecule has 0 bridgehead atoms. The molecule has 1 aromatic carbocycles. The van der Waals surface area contributed by atoms with Crippen LogP contribution in [-0.2, 0) is 11.3 Å². The number of primary amides is 1. The normalized spacial score (nSPS) is 17.1. The third-order valence-corrected chi connectivity index (χ3v) is 3.89. The molecule has 1 saturated heterocycles. The summed E-state index contributed by atoms with van der Waals surface area (Å²) in [5.74, 6) is -1.80. The maximum absolute atomic E-state index is 13.8. The van der Waals surface area contributed by atoms with Crippen molar-refractivity contribution in [3.05, 3.63) is 34.9 Å². The van der Waals surface area contributed by atoms with Gasteiger partial charge in [-0.1, -0.05) is 12.1 Å². The summed E-state index contributed by atoms with van der Waals surface area (Å²) in [7, 11) is 0. The maximum atomic E-state index is 13.8. The lowest BCUT2D eigenvalue weighted by Crippen LogP contribution is -2.46. The van der Waals surface area contributed by atoms with E-state index >= 15 is 0 Å². The fourth-order valence-electron chi connectivity index (χ4n) is 2.49. The second-order valence-electron chi connectivity index (χ2n) is 5.50. The van der Waals surface area contributed by atoms with E-state index in [1.807, 2.05) is 0 Å². The van der Waals surface area contributed by atoms with E-state index in [2.05, 4.69) is 9.80 Å². The summed E-state index contributed by atoms with van der Waals surface area (Å²) in [4.78, 5) is 15.0. The van der Waals surface area contributed by atoms with Crippen molar-refractivity contribution in [2.24, 2.45) is 5.73 Å². The van der Waals surface area contributed by atoms with Crippen LogP contribution in [0.1, 0.15) is 17.5 Å². The Morgan fingerprint density at radius 1 is 1.14 bits per heavy atom. The number of hydrogen-bond acceptors (Lipinski definition) is 3. The van der Waals surface area contributed by atoms with Gasteiger partial charge in [-0.25, -0.2) is 8.78 Å². The van der Waals surface area contributed by atoms with Gasteiger partial charge in [0.05, 0.1) is 0 Å². The molecule has 6 heteroatoms. The van der Waals surface area contributed by atoms with Gasteiger partial charge in [0.15, 0.2) is 11.6 Å². The molecular formula is C15H21F2N3O. The van der Waals surface area contributed by atoms with Crippen molar-refractivity contribution in [1.29, 1.82) is 0 Å². The number of hydrogen-bond donors (Lipinski definition) is 1. The van der Waals surface area contributed by atoms with E-state index in [4.69, 9.17) is 5.73 Å². The average molecular weight is 297 g/mol. The first kappa shape index (κ1) is 15.9. The molecule has 116 valence electrons. The number of aryl methyl sites for hydroxylation is 1. The minimum absolute atomic E-state index is 0.297. The molecule has 0 radical (unpaired) electrons. The fourth-order valence-corrected chi connectivity index (χ4v) is 2.49. The van der Waals surface area contributed by atoms with E-state index in [1.165, 1.54) is 0 Å². The van der Waals surface area contributed by atoms with Crippen LogP contribution in [0.2, 0.25) is 0 Å². The van der Waals surface area contributed by atoms with E-state index in [0.717, 1.165) is 26.2 Å². The molecule has 1 aliphatic heterocycles. The summed E-state index contributed by atoms with van der Waals surface area (Å²) >= 11 is 0. The molecule has 1 aliphatic rings. The number of amides is 1. The Labute approximate surface area is 123 Å². The van der Waals surface area contributed by atoms with Gasteiger partial charge in [-0.3, -0.25) is 9.69 Å². The third kappa shape index (κ3) is 4.22. The number of nitrogens with two attached hydrogens (primary N) is 1. The zero-order valence-electron chi connectivity index (χ0n) is 12.2. The first-order valence-electron chi connectivity index (χ1n) is 7.14. The standard InChI is InChI=1S/C15H21F2N3O/c1-11-2-3-12(15(17)14(11)16)10-20-8-6-19(7-9-20)5-4-13(18)21/h2-3H,4-10H2,1H3,(H2,18,21). The minimum Gasteiger partial charge on any atom is -0.370 e. The summed E-state index contributed by atoms with van der Waals surface area (Å²) in [6.07, 6.45) is 0.359. The largest absolute Gasteiger partial charge is 0.370 e. The van der Waals surface area contributed by atoms with E-state index < -0.39 is 11.6 Å². The number of nitrogens with zero attached hydrogens (tertiary/aromatic N) is 2. The predicted molar refractivity (Wildman–Crippen MR) is 76.6 cm³/mol. The molecule has 2 N–H and O–H groups in total. The van der Waals surface area contributed by atoms with E-state index in [9.17, 15) is 13.6 Å². The highest BCUT2D eigenvalue weighted by Crippen LogP contribution is 2.18. The molecule has 0 aliphatic carbocycles. The molecule has 0 aromatic heterocycles. The van der Waals surface area contributed by atoms with Crippen molar-refractivity contribution in [2.75, 3.05) is 32.7 Å². The van der Waals surface area contributed by atoms with Crippen molar-refractivity contribution < 1.29 is 13.6 Å². The van der Waals surface area contributed by atoms with E-state index in [0.29, 0.717) is 30.6 Å². The van der Waals surface area contributed by atoms with Crippen LogP contribution < -0.4 is 5.73 Å². The molecule has 21 heavy (non-hydrogen) atoms. The molecule has 1 heterocycles. The Morgan fingerprint density at radius 2 is 1.76 bits per heavy atom. The smallest absolute Gasteiger partial charge is 0.218 e. The topological polar surface area (TPSA) is 49.6 Å². The molecule has 1 aromatic rings. The Morgan fingerprint density at radius 3 is 2.38 bits per heavy atom. The Hall–Kier alpha value is -1.53. The number of benzene rings is 1. The maximum Gasteiger partial charge on any atom is 0.218 e. The monoisotopic (exact) mass is 297 g/mol. The molecule has 4 nitrogen and oxygen atoms in total. The Balaban J connectivity index is 1.86. The molecule has 0 unspecified atom stereocenters. The number of carbonyl (C=O) groups excluding carboxylic acids is 1. The molecule has 0 spiro atoms. The number of piperazine rings is 1. The highest BCUT2D eigenvalue weighted by Gasteiger charge is 2.19. The molecule has 1 amide bonds. The predicted octanol–water partition coefficient (Wildman–Crippen LogP) is 1.27. The zero-order valence-corrected chi connectivity index (χ0v) is 12.2. The zero-order chi connectivity index (χ0) is 15.4. The molecule has 0 saturated carbocycles. The summed E-state index contributed by atoms with van der Waals surface area (Å²) in [5.41, 5.74) is 5.85. The van der Waals surface area contributed by atoms with Gasteiger partial charge >= 0.3 is 0 Å². The van der Waals surface area contributed by atoms with Gasteiger partial charge in [-0.2, -0.15) is 0 Å². The summed E-state index contributed by atoms with van der Waals surface area (Å²) in [6.45, 7) is 5.79. The van der Waals surface area contributed by atoms with Crippen LogP contribution in [0.15, 0.2) is 12.1 Å². The summed E-state index contributed by atoms with van der Waals surface area (Å²) in [5, 5.41) is 0. The number of rotatable bonds is 5. The number of halogens is 2. The summed E-state index contributed by atoms with van der Waals surface area (Å²) < 4.78 is 27.4. The van der Waals surface area contributed by atoms with Gasteiger partial charge < -0.3 is 10.6 Å². The Bertz CT molecular complexity index is 514. The fraction of sp³-hybridized carbons (Fsp3) is 0.533. The van der Waals surface area contributed by atoms with Gasteiger partial charge in [-0.15, -0.1) is 0 Å². The third-order valence-electron chi connectivity index (χ3n) is 3.89. The minimum atomic E-state index is -0.757. The van der Waals surface area contributed by atoms with Crippen LogP contribution in [-0.4, -0.2) is 48.4 Å². The highest BCUT2D eigenvalue weighted by molar-refractivity contribution is 5.73. The molecule has 0 atom stereocenters. The van der Waals surface area contributed by atoms with Gasteiger partial charge in [0.2, 0.25) is 5.91 Å². The van der Waals surface area contributed by atoms with Crippen molar-refractivity contribution >= 4 is 5.91 Å². The second kappa shape index (κ2) is 6.95. The molecule has 2 rings (SSSR count). The van der Waals surface area contributed by atoms with E-state index in [1.54, 1.807) is 19.1 Å². The van der Waals surface area contributed by atoms with Crippen molar-refractivity contribution in [3.63, 3.8) is 0 Å². The van der Waals surface area contributed by atoms with Crippen molar-refractivity contribution in [3.8, 4) is 0 Å². The summed E-state index contributed by atoms with van der Waals surface area (Å²) in [6, 6.07) is 3.25. The van der Waals surface area contributed by atoms with Gasteiger partial charge in [-0.05, 0) is 12.5 Å². The van der Waals surface area contributed by atoms with Crippen LogP contribution in [0.4, 0.5) is 8.78 Å². The molecular weight excluding hydrogens is 276 g/mol. The second-order valence-corrected chi connectivity index (χ2v) is 5.50. The van der Waals surface area contributed by atoms with Crippen molar-refractivity contribution in [1.82, 2.24) is 9.80 Å². The first-order valence-corrected chi connectivity index (χ1v) is 7.14. The lowest BCUT2D eigenvalue weighted by Gasteiger charge is -2.34. The van der Waals surface area contributed by atoms with Gasteiger partial charge in [0, 0.05) is 51.3 Å². The van der Waals surface area contributed by atoms with Crippen LogP contribution in [0.3, 0.4) is 0 Å². The lowest BCUT2D eigenvalue weighted by molar-refractivity contribution is -0.118.